The summed E-state index contributed by atoms with van der Waals surface area (Å²) in [5.74, 6) is 1.34. The molecular formula is C18H33N5O. The average molecular weight is 335 g/mol. The maximum Gasteiger partial charge on any atom is 0.317 e. The first kappa shape index (κ1) is 18.8. The Balaban J connectivity index is 1.88. The van der Waals surface area contributed by atoms with E-state index in [4.69, 9.17) is 0 Å². The minimum Gasteiger partial charge on any atom is -0.336 e. The summed E-state index contributed by atoms with van der Waals surface area (Å²) in [6, 6.07) is 0.207. The Labute approximate surface area is 146 Å². The molecule has 2 heterocycles. The third-order valence-corrected chi connectivity index (χ3v) is 4.79. The van der Waals surface area contributed by atoms with Gasteiger partial charge in [0, 0.05) is 38.4 Å². The maximum atomic E-state index is 12.6. The zero-order chi connectivity index (χ0) is 17.7. The minimum atomic E-state index is 0.0687. The number of urea groups is 1. The van der Waals surface area contributed by atoms with Gasteiger partial charge in [0.1, 0.15) is 0 Å². The molecule has 1 aromatic heterocycles. The molecule has 1 saturated heterocycles. The van der Waals surface area contributed by atoms with Crippen molar-refractivity contribution in [1.82, 2.24) is 24.9 Å². The van der Waals surface area contributed by atoms with Gasteiger partial charge in [-0.1, -0.05) is 13.8 Å². The summed E-state index contributed by atoms with van der Waals surface area (Å²) in [5, 5.41) is 7.36. The lowest BCUT2D eigenvalue weighted by Gasteiger charge is -2.34. The van der Waals surface area contributed by atoms with Crippen molar-refractivity contribution in [3.8, 4) is 0 Å². The number of aryl methyl sites for hydroxylation is 1. The lowest BCUT2D eigenvalue weighted by Crippen LogP contribution is -2.47. The molecule has 1 N–H and O–H groups in total. The summed E-state index contributed by atoms with van der Waals surface area (Å²) in [6.45, 7) is 6.88. The molecule has 1 aliphatic heterocycles. The number of carbonyl (C=O) groups is 1. The van der Waals surface area contributed by atoms with Gasteiger partial charge in [0.25, 0.3) is 0 Å². The molecule has 0 spiro atoms. The van der Waals surface area contributed by atoms with Gasteiger partial charge in [-0.2, -0.15) is 5.10 Å². The van der Waals surface area contributed by atoms with Crippen LogP contribution in [0.2, 0.25) is 0 Å². The number of aromatic nitrogens is 2. The van der Waals surface area contributed by atoms with Crippen molar-refractivity contribution in [1.29, 1.82) is 0 Å². The first-order chi connectivity index (χ1) is 11.4. The van der Waals surface area contributed by atoms with Crippen LogP contribution in [0.1, 0.15) is 44.7 Å². The van der Waals surface area contributed by atoms with Crippen LogP contribution in [-0.2, 0) is 7.05 Å². The Morgan fingerprint density at radius 2 is 2.21 bits per heavy atom. The van der Waals surface area contributed by atoms with Crippen LogP contribution in [0.4, 0.5) is 4.79 Å². The van der Waals surface area contributed by atoms with Crippen LogP contribution >= 0.6 is 0 Å². The van der Waals surface area contributed by atoms with Crippen LogP contribution in [0.5, 0.6) is 0 Å². The Morgan fingerprint density at radius 1 is 1.46 bits per heavy atom. The summed E-state index contributed by atoms with van der Waals surface area (Å²) in [7, 11) is 5.98. The van der Waals surface area contributed by atoms with Gasteiger partial charge in [0.15, 0.2) is 0 Å². The van der Waals surface area contributed by atoms with Crippen LogP contribution in [0.25, 0.3) is 0 Å². The minimum absolute atomic E-state index is 0.0687. The Bertz CT molecular complexity index is 525. The first-order valence-electron chi connectivity index (χ1n) is 9.04. The molecule has 1 aromatic rings. The van der Waals surface area contributed by atoms with E-state index < -0.39 is 0 Å². The zero-order valence-electron chi connectivity index (χ0n) is 15.8. The summed E-state index contributed by atoms with van der Waals surface area (Å²) in [5.41, 5.74) is 1.12. The number of nitrogens with zero attached hydrogens (tertiary/aromatic N) is 4. The number of nitrogens with one attached hydrogen (secondary N) is 1. The molecule has 2 atom stereocenters. The predicted molar refractivity (Wildman–Crippen MR) is 96.8 cm³/mol. The van der Waals surface area contributed by atoms with Crippen molar-refractivity contribution >= 4 is 6.03 Å². The van der Waals surface area contributed by atoms with Gasteiger partial charge in [-0.25, -0.2) is 4.79 Å². The molecule has 2 rings (SSSR count). The van der Waals surface area contributed by atoms with Crippen LogP contribution in [0.15, 0.2) is 12.4 Å². The molecule has 1 aliphatic rings. The van der Waals surface area contributed by atoms with Crippen LogP contribution in [0.3, 0.4) is 0 Å². The lowest BCUT2D eigenvalue weighted by molar-refractivity contribution is 0.154. The van der Waals surface area contributed by atoms with Crippen molar-refractivity contribution in [3.63, 3.8) is 0 Å². The Morgan fingerprint density at radius 3 is 2.79 bits per heavy atom. The maximum absolute atomic E-state index is 12.6. The number of piperidine rings is 1. The largest absolute Gasteiger partial charge is 0.336 e. The molecule has 0 radical (unpaired) electrons. The van der Waals surface area contributed by atoms with Gasteiger partial charge in [0.2, 0.25) is 0 Å². The second kappa shape index (κ2) is 8.51. The lowest BCUT2D eigenvalue weighted by atomic mass is 9.90. The molecule has 2 amide bonds. The molecule has 0 aliphatic carbocycles. The summed E-state index contributed by atoms with van der Waals surface area (Å²) >= 11 is 0. The average Bonchev–Trinajstić information content (AvgIpc) is 2.92. The van der Waals surface area contributed by atoms with Crippen LogP contribution in [-0.4, -0.2) is 59.3 Å². The standard InChI is InChI=1S/C18H33N5O/c1-14(2)9-15-7-6-8-23(12-15)18(24)19-11-17(21(3)4)16-10-20-22(5)13-16/h10,13-15,17H,6-9,11-12H2,1-5H3,(H,19,24). The van der Waals surface area contributed by atoms with Crippen molar-refractivity contribution in [3.05, 3.63) is 18.0 Å². The van der Waals surface area contributed by atoms with E-state index in [1.54, 1.807) is 4.68 Å². The normalized spacial score (nSPS) is 19.8. The number of hydrogen-bond donors (Lipinski definition) is 1. The number of likely N-dealkylation sites (N-methyl/N-ethyl adjacent to an activating group) is 1. The quantitative estimate of drug-likeness (QED) is 0.869. The molecule has 24 heavy (non-hydrogen) atoms. The van der Waals surface area contributed by atoms with Gasteiger partial charge in [-0.05, 0) is 45.2 Å². The smallest absolute Gasteiger partial charge is 0.317 e. The fourth-order valence-electron chi connectivity index (χ4n) is 3.62. The highest BCUT2D eigenvalue weighted by Crippen LogP contribution is 2.23. The van der Waals surface area contributed by atoms with Crippen LogP contribution < -0.4 is 5.32 Å². The summed E-state index contributed by atoms with van der Waals surface area (Å²) in [6.07, 6.45) is 7.45. The second-order valence-corrected chi connectivity index (χ2v) is 7.70. The second-order valence-electron chi connectivity index (χ2n) is 7.70. The molecule has 6 heteroatoms. The van der Waals surface area contributed by atoms with Gasteiger partial charge in [0.05, 0.1) is 12.2 Å². The summed E-state index contributed by atoms with van der Waals surface area (Å²) in [4.78, 5) is 16.7. The van der Waals surface area contributed by atoms with Crippen molar-refractivity contribution in [2.45, 2.75) is 39.2 Å². The molecule has 2 unspecified atom stereocenters. The van der Waals surface area contributed by atoms with Gasteiger partial charge >= 0.3 is 6.03 Å². The highest BCUT2D eigenvalue weighted by atomic mass is 16.2. The SMILES string of the molecule is CC(C)CC1CCCN(C(=O)NCC(c2cnn(C)c2)N(C)C)C1. The Kier molecular flexibility index (Phi) is 6.66. The van der Waals surface area contributed by atoms with Gasteiger partial charge in [-0.15, -0.1) is 0 Å². The van der Waals surface area contributed by atoms with Crippen LogP contribution in [0, 0.1) is 11.8 Å². The van der Waals surface area contributed by atoms with E-state index in [-0.39, 0.29) is 12.1 Å². The monoisotopic (exact) mass is 335 g/mol. The predicted octanol–water partition coefficient (Wildman–Crippen LogP) is 2.49. The van der Waals surface area contributed by atoms with E-state index in [0.29, 0.717) is 18.4 Å². The zero-order valence-corrected chi connectivity index (χ0v) is 15.8. The van der Waals surface area contributed by atoms with Gasteiger partial charge < -0.3 is 15.1 Å². The van der Waals surface area contributed by atoms with E-state index >= 15 is 0 Å². The molecule has 0 aromatic carbocycles. The number of likely N-dealkylation sites (tertiary alicyclic amines) is 1. The van der Waals surface area contributed by atoms with Crippen molar-refractivity contribution in [2.75, 3.05) is 33.7 Å². The molecule has 0 bridgehead atoms. The molecule has 0 saturated carbocycles. The molecule has 1 fully saturated rings. The fourth-order valence-corrected chi connectivity index (χ4v) is 3.62. The Hall–Kier alpha value is -1.56. The van der Waals surface area contributed by atoms with E-state index in [2.05, 4.69) is 29.2 Å². The van der Waals surface area contributed by atoms with Crippen molar-refractivity contribution in [2.24, 2.45) is 18.9 Å². The number of rotatable bonds is 6. The van der Waals surface area contributed by atoms with E-state index in [9.17, 15) is 4.79 Å². The molecule has 6 nitrogen and oxygen atoms in total. The van der Waals surface area contributed by atoms with Crippen molar-refractivity contribution < 1.29 is 4.79 Å². The fraction of sp³-hybridized carbons (Fsp3) is 0.778. The first-order valence-corrected chi connectivity index (χ1v) is 9.04. The third kappa shape index (κ3) is 5.23. The number of hydrogen-bond acceptors (Lipinski definition) is 3. The number of amides is 2. The van der Waals surface area contributed by atoms with Gasteiger partial charge in [-0.3, -0.25) is 4.68 Å². The molecular weight excluding hydrogens is 302 g/mol. The topological polar surface area (TPSA) is 53.4 Å². The highest BCUT2D eigenvalue weighted by molar-refractivity contribution is 5.74. The van der Waals surface area contributed by atoms with E-state index in [1.807, 2.05) is 38.4 Å². The summed E-state index contributed by atoms with van der Waals surface area (Å²) < 4.78 is 1.80. The highest BCUT2D eigenvalue weighted by Gasteiger charge is 2.25. The van der Waals surface area contributed by atoms with E-state index in [0.717, 1.165) is 25.1 Å². The third-order valence-electron chi connectivity index (χ3n) is 4.79. The number of carbonyl (C=O) groups excluding carboxylic acids is 1. The molecule has 136 valence electrons. The van der Waals surface area contributed by atoms with E-state index in [1.165, 1.54) is 12.8 Å².